The van der Waals surface area contributed by atoms with Crippen LogP contribution in [0.1, 0.15) is 16.7 Å². The summed E-state index contributed by atoms with van der Waals surface area (Å²) in [5, 5.41) is 12.3. The Balaban J connectivity index is 1.83. The first-order valence-electron chi connectivity index (χ1n) is 9.47. The number of alkyl halides is 3. The number of nitrogens with zero attached hydrogens (tertiary/aromatic N) is 2. The Morgan fingerprint density at radius 3 is 2.58 bits per heavy atom. The number of carbonyl (C=O) groups excluding carboxylic acids is 1. The molecule has 1 heterocycles. The van der Waals surface area contributed by atoms with Crippen LogP contribution in [0.5, 0.6) is 17.2 Å². The van der Waals surface area contributed by atoms with E-state index in [9.17, 15) is 18.0 Å². The number of thioether (sulfide) groups is 1. The number of nitrogens with one attached hydrogen (secondary N) is 1. The Morgan fingerprint density at radius 1 is 1.15 bits per heavy atom. The van der Waals surface area contributed by atoms with Gasteiger partial charge in [0, 0.05) is 13.7 Å². The maximum absolute atomic E-state index is 13.4. The summed E-state index contributed by atoms with van der Waals surface area (Å²) in [6.07, 6.45) is -3.12. The number of hydrogen-bond acceptors (Lipinski definition) is 7. The zero-order chi connectivity index (χ0) is 24.0. The van der Waals surface area contributed by atoms with Crippen LogP contribution in [0.25, 0.3) is 6.08 Å². The molecule has 7 nitrogen and oxygen atoms in total. The van der Waals surface area contributed by atoms with Crippen LogP contribution in [0.4, 0.5) is 13.2 Å². The molecular formula is C22H18F3N3O4S. The molecule has 1 amide bonds. The molecule has 0 saturated heterocycles. The van der Waals surface area contributed by atoms with Gasteiger partial charge in [0.25, 0.3) is 5.91 Å². The second-order valence-electron chi connectivity index (χ2n) is 6.59. The third kappa shape index (κ3) is 6.06. The van der Waals surface area contributed by atoms with Gasteiger partial charge in [0.15, 0.2) is 16.7 Å². The molecular weight excluding hydrogens is 459 g/mol. The Hall–Kier alpha value is -3.49. The van der Waals surface area contributed by atoms with Crippen LogP contribution in [0.15, 0.2) is 46.3 Å². The number of ether oxygens (including phenoxy) is 3. The summed E-state index contributed by atoms with van der Waals surface area (Å²) >= 11 is 1.16. The fraction of sp³-hybridized carbons (Fsp3) is 0.227. The van der Waals surface area contributed by atoms with Gasteiger partial charge in [0.05, 0.1) is 35.8 Å². The Morgan fingerprint density at radius 2 is 1.91 bits per heavy atom. The summed E-state index contributed by atoms with van der Waals surface area (Å²) in [7, 11) is 2.91. The lowest BCUT2D eigenvalue weighted by atomic mass is 10.1. The first kappa shape index (κ1) is 24.2. The lowest BCUT2D eigenvalue weighted by Gasteiger charge is -2.16. The average molecular weight is 477 g/mol. The van der Waals surface area contributed by atoms with Crippen molar-refractivity contribution in [3.63, 3.8) is 0 Å². The van der Waals surface area contributed by atoms with Gasteiger partial charge in [-0.15, -0.1) is 0 Å². The molecule has 1 N–H and O–H groups in total. The highest BCUT2D eigenvalue weighted by Gasteiger charge is 2.35. The molecule has 0 bridgehead atoms. The molecule has 2 aromatic rings. The van der Waals surface area contributed by atoms with E-state index in [4.69, 9.17) is 19.5 Å². The number of hydrogen-bond donors (Lipinski definition) is 1. The Labute approximate surface area is 191 Å². The minimum atomic E-state index is -4.71. The van der Waals surface area contributed by atoms with E-state index in [0.717, 1.165) is 23.9 Å². The highest BCUT2D eigenvalue weighted by Crippen LogP contribution is 2.41. The molecule has 1 aliphatic heterocycles. The van der Waals surface area contributed by atoms with Crippen molar-refractivity contribution in [3.8, 4) is 23.3 Å². The fourth-order valence-electron chi connectivity index (χ4n) is 2.78. The van der Waals surface area contributed by atoms with Gasteiger partial charge in [-0.2, -0.15) is 23.4 Å². The third-order valence-corrected chi connectivity index (χ3v) is 5.26. The topological polar surface area (TPSA) is 92.9 Å². The van der Waals surface area contributed by atoms with Crippen LogP contribution in [0.2, 0.25) is 0 Å². The van der Waals surface area contributed by atoms with E-state index in [2.05, 4.69) is 10.3 Å². The van der Waals surface area contributed by atoms with Gasteiger partial charge in [0.1, 0.15) is 5.75 Å². The predicted molar refractivity (Wildman–Crippen MR) is 117 cm³/mol. The van der Waals surface area contributed by atoms with Crippen molar-refractivity contribution >= 4 is 28.9 Å². The number of amides is 1. The van der Waals surface area contributed by atoms with E-state index in [1.807, 2.05) is 0 Å². The van der Waals surface area contributed by atoms with Crippen molar-refractivity contribution in [3.05, 3.63) is 58.0 Å². The molecule has 2 aromatic carbocycles. The smallest absolute Gasteiger partial charge is 0.420 e. The van der Waals surface area contributed by atoms with Gasteiger partial charge < -0.3 is 19.5 Å². The molecule has 0 aliphatic carbocycles. The van der Waals surface area contributed by atoms with Gasteiger partial charge in [-0.05, 0) is 53.7 Å². The van der Waals surface area contributed by atoms with Gasteiger partial charge in [-0.25, -0.2) is 0 Å². The molecule has 0 saturated carbocycles. The van der Waals surface area contributed by atoms with Crippen molar-refractivity contribution in [1.82, 2.24) is 5.32 Å². The molecule has 172 valence electrons. The van der Waals surface area contributed by atoms with Crippen molar-refractivity contribution in [2.75, 3.05) is 27.4 Å². The number of aliphatic imine (C=N–C) groups is 1. The number of nitriles is 1. The number of carbonyl (C=O) groups is 1. The molecule has 0 fully saturated rings. The summed E-state index contributed by atoms with van der Waals surface area (Å²) in [6.45, 7) is 0.957. The molecule has 0 aromatic heterocycles. The van der Waals surface area contributed by atoms with E-state index in [0.29, 0.717) is 28.8 Å². The third-order valence-electron chi connectivity index (χ3n) is 4.32. The minimum Gasteiger partial charge on any atom is -0.493 e. The number of rotatable bonds is 7. The Bertz CT molecular complexity index is 1160. The molecule has 1 aliphatic rings. The van der Waals surface area contributed by atoms with Crippen LogP contribution in [-0.4, -0.2) is 38.4 Å². The average Bonchev–Trinajstić information content (AvgIpc) is 3.13. The van der Waals surface area contributed by atoms with Crippen LogP contribution in [-0.2, 0) is 15.7 Å². The molecule has 0 unspecified atom stereocenters. The lowest BCUT2D eigenvalue weighted by Crippen LogP contribution is -2.23. The van der Waals surface area contributed by atoms with Crippen molar-refractivity contribution < 1.29 is 32.2 Å². The van der Waals surface area contributed by atoms with E-state index >= 15 is 0 Å². The number of halogens is 3. The first-order valence-corrected chi connectivity index (χ1v) is 10.3. The second kappa shape index (κ2) is 10.4. The van der Waals surface area contributed by atoms with Crippen molar-refractivity contribution in [1.29, 1.82) is 5.26 Å². The first-order chi connectivity index (χ1) is 15.7. The normalized spacial score (nSPS) is 14.7. The van der Waals surface area contributed by atoms with Crippen LogP contribution in [0.3, 0.4) is 0 Å². The van der Waals surface area contributed by atoms with E-state index in [-0.39, 0.29) is 17.1 Å². The monoisotopic (exact) mass is 477 g/mol. The van der Waals surface area contributed by atoms with Crippen LogP contribution in [0, 0.1) is 11.3 Å². The zero-order valence-electron chi connectivity index (χ0n) is 17.5. The maximum Gasteiger partial charge on any atom is 0.420 e. The zero-order valence-corrected chi connectivity index (χ0v) is 18.3. The molecule has 0 atom stereocenters. The molecule has 11 heteroatoms. The minimum absolute atomic E-state index is 0.0402. The van der Waals surface area contributed by atoms with Gasteiger partial charge in [-0.1, -0.05) is 6.07 Å². The molecule has 0 radical (unpaired) electrons. The number of methoxy groups -OCH3 is 2. The van der Waals surface area contributed by atoms with Crippen molar-refractivity contribution in [2.45, 2.75) is 6.18 Å². The van der Waals surface area contributed by atoms with E-state index < -0.39 is 23.4 Å². The summed E-state index contributed by atoms with van der Waals surface area (Å²) in [6, 6.07) is 9.26. The van der Waals surface area contributed by atoms with Gasteiger partial charge >= 0.3 is 6.18 Å². The summed E-state index contributed by atoms with van der Waals surface area (Å²) in [5.74, 6) is -0.672. The predicted octanol–water partition coefficient (Wildman–Crippen LogP) is 4.58. The summed E-state index contributed by atoms with van der Waals surface area (Å²) in [5.41, 5.74) is -0.645. The summed E-state index contributed by atoms with van der Waals surface area (Å²) < 4.78 is 56.0. The van der Waals surface area contributed by atoms with E-state index in [1.54, 1.807) is 25.3 Å². The van der Waals surface area contributed by atoms with Crippen LogP contribution >= 0.6 is 11.8 Å². The SMILES string of the molecule is COCCNC1=NC(=O)C(=Cc2ccc(Oc3ccc(C#N)cc3C(F)(F)F)c(OC)c2)S1. The van der Waals surface area contributed by atoms with Gasteiger partial charge in [0.2, 0.25) is 0 Å². The largest absolute Gasteiger partial charge is 0.493 e. The molecule has 3 rings (SSSR count). The van der Waals surface area contributed by atoms with Crippen LogP contribution < -0.4 is 14.8 Å². The summed E-state index contributed by atoms with van der Waals surface area (Å²) in [4.78, 5) is 16.4. The molecule has 0 spiro atoms. The molecule has 33 heavy (non-hydrogen) atoms. The van der Waals surface area contributed by atoms with Gasteiger partial charge in [-0.3, -0.25) is 4.79 Å². The highest BCUT2D eigenvalue weighted by molar-refractivity contribution is 8.18. The number of amidine groups is 1. The number of benzene rings is 2. The quantitative estimate of drug-likeness (QED) is 0.461. The maximum atomic E-state index is 13.4. The standard InChI is InChI=1S/C22H18F3N3O4S/c1-30-8-7-27-21-28-20(29)19(33-21)11-13-3-6-17(18(10-13)31-2)32-16-5-4-14(12-26)9-15(16)22(23,24)25/h3-6,9-11H,7-8H2,1-2H3,(H,27,28,29). The lowest BCUT2D eigenvalue weighted by molar-refractivity contribution is -0.138. The second-order valence-corrected chi connectivity index (χ2v) is 7.62. The fourth-order valence-corrected chi connectivity index (χ4v) is 3.62. The van der Waals surface area contributed by atoms with E-state index in [1.165, 1.54) is 25.3 Å². The Kier molecular flexibility index (Phi) is 7.63. The highest BCUT2D eigenvalue weighted by atomic mass is 32.2. The van der Waals surface area contributed by atoms with Crippen molar-refractivity contribution in [2.24, 2.45) is 4.99 Å².